The molecule has 0 radical (unpaired) electrons. The van der Waals surface area contributed by atoms with Gasteiger partial charge in [-0.25, -0.2) is 0 Å². The molecule has 3 rings (SSSR count). The Kier molecular flexibility index (Phi) is 2.88. The van der Waals surface area contributed by atoms with Crippen LogP contribution < -0.4 is 0 Å². The largest absolute Gasteiger partial charge is 0.373 e. The summed E-state index contributed by atoms with van der Waals surface area (Å²) in [6.45, 7) is 6.83. The minimum atomic E-state index is 0.282. The van der Waals surface area contributed by atoms with E-state index in [1.807, 2.05) is 0 Å². The first kappa shape index (κ1) is 11.2. The van der Waals surface area contributed by atoms with E-state index < -0.39 is 0 Å². The van der Waals surface area contributed by atoms with Crippen LogP contribution in [0.1, 0.15) is 44.3 Å². The van der Waals surface area contributed by atoms with E-state index in [9.17, 15) is 0 Å². The van der Waals surface area contributed by atoms with Crippen LogP contribution in [0.4, 0.5) is 0 Å². The fraction of sp³-hybridized carbons (Fsp3) is 0.833. The fourth-order valence-corrected chi connectivity index (χ4v) is 2.44. The van der Waals surface area contributed by atoms with Crippen LogP contribution in [0, 0.1) is 0 Å². The molecule has 94 valence electrons. The van der Waals surface area contributed by atoms with Gasteiger partial charge in [0, 0.05) is 19.0 Å². The number of ether oxygens (including phenoxy) is 1. The average Bonchev–Trinajstić information content (AvgIpc) is 2.99. The van der Waals surface area contributed by atoms with Crippen molar-refractivity contribution >= 4 is 0 Å². The molecule has 1 saturated carbocycles. The molecule has 2 heterocycles. The SMILES string of the molecule is C[C@H]1CN(Cc2nc(C3CC3)no2)C[C@H](C)O1. The Morgan fingerprint density at radius 2 is 1.94 bits per heavy atom. The Bertz CT molecular complexity index is 379. The minimum Gasteiger partial charge on any atom is -0.373 e. The molecule has 2 fully saturated rings. The van der Waals surface area contributed by atoms with E-state index in [2.05, 4.69) is 28.9 Å². The highest BCUT2D eigenvalue weighted by atomic mass is 16.5. The minimum absolute atomic E-state index is 0.282. The van der Waals surface area contributed by atoms with Crippen molar-refractivity contribution in [3.05, 3.63) is 11.7 Å². The van der Waals surface area contributed by atoms with E-state index >= 15 is 0 Å². The predicted octanol–water partition coefficient (Wildman–Crippen LogP) is 1.56. The molecule has 17 heavy (non-hydrogen) atoms. The molecule has 0 N–H and O–H groups in total. The van der Waals surface area contributed by atoms with E-state index in [4.69, 9.17) is 9.26 Å². The number of nitrogens with zero attached hydrogens (tertiary/aromatic N) is 3. The molecule has 2 aliphatic rings. The lowest BCUT2D eigenvalue weighted by Gasteiger charge is -2.34. The maximum Gasteiger partial charge on any atom is 0.240 e. The van der Waals surface area contributed by atoms with Crippen LogP contribution in [0.15, 0.2) is 4.52 Å². The summed E-state index contributed by atoms with van der Waals surface area (Å²) >= 11 is 0. The van der Waals surface area contributed by atoms with Gasteiger partial charge in [0.05, 0.1) is 18.8 Å². The summed E-state index contributed by atoms with van der Waals surface area (Å²) in [4.78, 5) is 6.78. The van der Waals surface area contributed by atoms with Gasteiger partial charge < -0.3 is 9.26 Å². The highest BCUT2D eigenvalue weighted by molar-refractivity contribution is 5.03. The number of aromatic nitrogens is 2. The molecular formula is C12H19N3O2. The molecule has 1 aliphatic heterocycles. The van der Waals surface area contributed by atoms with Gasteiger partial charge in [0.25, 0.3) is 0 Å². The van der Waals surface area contributed by atoms with Crippen molar-refractivity contribution in [1.82, 2.24) is 15.0 Å². The summed E-state index contributed by atoms with van der Waals surface area (Å²) < 4.78 is 11.0. The molecule has 0 amide bonds. The van der Waals surface area contributed by atoms with Crippen molar-refractivity contribution in [2.45, 2.75) is 51.4 Å². The number of rotatable bonds is 3. The topological polar surface area (TPSA) is 51.4 Å². The second-order valence-corrected chi connectivity index (χ2v) is 5.27. The molecule has 5 nitrogen and oxygen atoms in total. The maximum atomic E-state index is 5.70. The van der Waals surface area contributed by atoms with Crippen LogP contribution in [0.5, 0.6) is 0 Å². The van der Waals surface area contributed by atoms with Gasteiger partial charge in [0.15, 0.2) is 5.82 Å². The zero-order valence-corrected chi connectivity index (χ0v) is 10.4. The fourth-order valence-electron chi connectivity index (χ4n) is 2.44. The molecular weight excluding hydrogens is 218 g/mol. The summed E-state index contributed by atoms with van der Waals surface area (Å²) in [7, 11) is 0. The second-order valence-electron chi connectivity index (χ2n) is 5.27. The third-order valence-corrected chi connectivity index (χ3v) is 3.28. The Morgan fingerprint density at radius 3 is 2.59 bits per heavy atom. The molecule has 5 heteroatoms. The normalized spacial score (nSPS) is 30.7. The van der Waals surface area contributed by atoms with Gasteiger partial charge in [-0.1, -0.05) is 5.16 Å². The molecule has 1 aliphatic carbocycles. The average molecular weight is 237 g/mol. The lowest BCUT2D eigenvalue weighted by atomic mass is 10.2. The van der Waals surface area contributed by atoms with E-state index in [1.165, 1.54) is 12.8 Å². The van der Waals surface area contributed by atoms with Crippen LogP contribution in [-0.2, 0) is 11.3 Å². The third-order valence-electron chi connectivity index (χ3n) is 3.28. The van der Waals surface area contributed by atoms with Crippen molar-refractivity contribution in [3.8, 4) is 0 Å². The molecule has 1 aromatic rings. The monoisotopic (exact) mass is 237 g/mol. The molecule has 0 spiro atoms. The molecule has 0 aromatic carbocycles. The second kappa shape index (κ2) is 4.38. The summed E-state index contributed by atoms with van der Waals surface area (Å²) in [6.07, 6.45) is 2.99. The van der Waals surface area contributed by atoms with E-state index in [-0.39, 0.29) is 12.2 Å². The van der Waals surface area contributed by atoms with E-state index in [1.54, 1.807) is 0 Å². The van der Waals surface area contributed by atoms with Crippen molar-refractivity contribution in [2.75, 3.05) is 13.1 Å². The van der Waals surface area contributed by atoms with Crippen molar-refractivity contribution in [1.29, 1.82) is 0 Å². The Labute approximate surface area is 101 Å². The smallest absolute Gasteiger partial charge is 0.240 e. The standard InChI is InChI=1S/C12H19N3O2/c1-8-5-15(6-9(2)16-8)7-11-13-12(14-17-11)10-3-4-10/h8-10H,3-7H2,1-2H3/t8-,9-/m0/s1. The van der Waals surface area contributed by atoms with Crippen LogP contribution >= 0.6 is 0 Å². The lowest BCUT2D eigenvalue weighted by molar-refractivity contribution is -0.0725. The maximum absolute atomic E-state index is 5.70. The van der Waals surface area contributed by atoms with Crippen LogP contribution in [-0.4, -0.2) is 40.3 Å². The van der Waals surface area contributed by atoms with E-state index in [0.29, 0.717) is 5.92 Å². The third kappa shape index (κ3) is 2.66. The molecule has 0 unspecified atom stereocenters. The van der Waals surface area contributed by atoms with Crippen molar-refractivity contribution in [3.63, 3.8) is 0 Å². The first-order chi connectivity index (χ1) is 8.20. The first-order valence-electron chi connectivity index (χ1n) is 6.41. The van der Waals surface area contributed by atoms with Gasteiger partial charge in [-0.05, 0) is 26.7 Å². The summed E-state index contributed by atoms with van der Waals surface area (Å²) in [5.41, 5.74) is 0. The summed E-state index contributed by atoms with van der Waals surface area (Å²) in [6, 6.07) is 0. The predicted molar refractivity (Wildman–Crippen MR) is 61.6 cm³/mol. The highest BCUT2D eigenvalue weighted by Gasteiger charge is 2.29. The van der Waals surface area contributed by atoms with Gasteiger partial charge in [-0.15, -0.1) is 0 Å². The Morgan fingerprint density at radius 1 is 1.24 bits per heavy atom. The Balaban J connectivity index is 1.60. The molecule has 1 saturated heterocycles. The van der Waals surface area contributed by atoms with Gasteiger partial charge in [0.2, 0.25) is 5.89 Å². The van der Waals surface area contributed by atoms with Gasteiger partial charge in [0.1, 0.15) is 0 Å². The summed E-state index contributed by atoms with van der Waals surface area (Å²) in [5, 5.41) is 4.04. The zero-order chi connectivity index (χ0) is 11.8. The highest BCUT2D eigenvalue weighted by Crippen LogP contribution is 2.38. The first-order valence-corrected chi connectivity index (χ1v) is 6.41. The summed E-state index contributed by atoms with van der Waals surface area (Å²) in [5.74, 6) is 2.21. The molecule has 1 aromatic heterocycles. The Hall–Kier alpha value is -0.940. The van der Waals surface area contributed by atoms with Gasteiger partial charge in [-0.3, -0.25) is 4.90 Å². The van der Waals surface area contributed by atoms with Gasteiger partial charge in [-0.2, -0.15) is 4.98 Å². The van der Waals surface area contributed by atoms with Crippen LogP contribution in [0.3, 0.4) is 0 Å². The number of hydrogen-bond acceptors (Lipinski definition) is 5. The van der Waals surface area contributed by atoms with Gasteiger partial charge >= 0.3 is 0 Å². The number of morpholine rings is 1. The quantitative estimate of drug-likeness (QED) is 0.798. The van der Waals surface area contributed by atoms with Crippen molar-refractivity contribution in [2.24, 2.45) is 0 Å². The number of hydrogen-bond donors (Lipinski definition) is 0. The zero-order valence-electron chi connectivity index (χ0n) is 10.4. The van der Waals surface area contributed by atoms with Crippen LogP contribution in [0.25, 0.3) is 0 Å². The van der Waals surface area contributed by atoms with E-state index in [0.717, 1.165) is 31.3 Å². The molecule has 0 bridgehead atoms. The molecule has 2 atom stereocenters. The lowest BCUT2D eigenvalue weighted by Crippen LogP contribution is -2.44. The van der Waals surface area contributed by atoms with Crippen LogP contribution in [0.2, 0.25) is 0 Å². The van der Waals surface area contributed by atoms with Crippen molar-refractivity contribution < 1.29 is 9.26 Å².